The largest absolute Gasteiger partial charge is 0.480 e. The van der Waals surface area contributed by atoms with E-state index in [2.05, 4.69) is 0 Å². The number of carboxylic acids is 2. The van der Waals surface area contributed by atoms with E-state index in [0.29, 0.717) is 22.6 Å². The fourth-order valence-electron chi connectivity index (χ4n) is 2.70. The van der Waals surface area contributed by atoms with Gasteiger partial charge in [0, 0.05) is 16.6 Å². The molecule has 0 bridgehead atoms. The first kappa shape index (κ1) is 19.9. The molecule has 0 radical (unpaired) electrons. The van der Waals surface area contributed by atoms with Crippen molar-refractivity contribution < 1.29 is 24.2 Å². The zero-order valence-corrected chi connectivity index (χ0v) is 14.8. The average Bonchev–Trinajstić information content (AvgIpc) is 2.57. The number of halogens is 2. The topological polar surface area (TPSA) is 101 Å². The Morgan fingerprint density at radius 1 is 1.15 bits per heavy atom. The summed E-state index contributed by atoms with van der Waals surface area (Å²) in [6, 6.07) is 10.6. The van der Waals surface area contributed by atoms with Gasteiger partial charge in [-0.1, -0.05) is 35.9 Å². The first-order valence-corrected chi connectivity index (χ1v) is 8.28. The third-order valence-electron chi connectivity index (χ3n) is 4.31. The van der Waals surface area contributed by atoms with Gasteiger partial charge in [0.1, 0.15) is 5.82 Å². The predicted molar refractivity (Wildman–Crippen MR) is 96.5 cm³/mol. The summed E-state index contributed by atoms with van der Waals surface area (Å²) in [7, 11) is 0. The lowest BCUT2D eigenvalue weighted by molar-refractivity contribution is -0.164. The quantitative estimate of drug-likeness (QED) is 0.638. The van der Waals surface area contributed by atoms with Crippen LogP contribution >= 0.6 is 11.6 Å². The maximum atomic E-state index is 13.9. The van der Waals surface area contributed by atoms with Crippen molar-refractivity contribution in [2.75, 3.05) is 0 Å². The van der Waals surface area contributed by atoms with Crippen molar-refractivity contribution in [3.05, 3.63) is 58.9 Å². The lowest BCUT2D eigenvalue weighted by Crippen LogP contribution is -2.42. The van der Waals surface area contributed by atoms with Crippen molar-refractivity contribution in [2.24, 2.45) is 11.1 Å². The number of carboxylic acid groups (broad SMARTS) is 2. The van der Waals surface area contributed by atoms with E-state index in [-0.39, 0.29) is 6.42 Å². The minimum Gasteiger partial charge on any atom is -0.480 e. The van der Waals surface area contributed by atoms with Gasteiger partial charge < -0.3 is 15.9 Å². The van der Waals surface area contributed by atoms with Gasteiger partial charge in [-0.05, 0) is 49.1 Å². The third kappa shape index (κ3) is 4.39. The Hall–Kier alpha value is -2.44. The molecule has 2 aromatic rings. The van der Waals surface area contributed by atoms with Crippen LogP contribution in [0.2, 0.25) is 5.02 Å². The Labute approximate surface area is 155 Å². The lowest BCUT2D eigenvalue weighted by atomic mass is 9.82. The molecule has 0 saturated heterocycles. The van der Waals surface area contributed by atoms with Crippen LogP contribution in [0.4, 0.5) is 4.39 Å². The number of hydrogen-bond donors (Lipinski definition) is 3. The van der Waals surface area contributed by atoms with Crippen molar-refractivity contribution in [1.82, 2.24) is 0 Å². The summed E-state index contributed by atoms with van der Waals surface area (Å²) >= 11 is 5.90. The summed E-state index contributed by atoms with van der Waals surface area (Å²) in [5, 5.41) is 18.7. The fraction of sp³-hybridized carbons (Fsp3) is 0.263. The van der Waals surface area contributed by atoms with E-state index in [1.807, 2.05) is 0 Å². The molecule has 0 amide bonds. The SMILES string of the molecule is CC(CC(N)Cc1ccc(-c2cc(Cl)ccc2F)cc1)(C(=O)O)C(=O)O. The Bertz CT molecular complexity index is 809. The fourth-order valence-corrected chi connectivity index (χ4v) is 2.88. The highest BCUT2D eigenvalue weighted by Crippen LogP contribution is 2.28. The Kier molecular flexibility index (Phi) is 6.00. The normalized spacial score (nSPS) is 12.6. The second kappa shape index (κ2) is 7.85. The molecule has 0 aromatic heterocycles. The van der Waals surface area contributed by atoms with Crippen LogP contribution in [0.3, 0.4) is 0 Å². The van der Waals surface area contributed by atoms with Crippen LogP contribution in [0.25, 0.3) is 11.1 Å². The summed E-state index contributed by atoms with van der Waals surface area (Å²) in [5.74, 6) is -3.24. The molecule has 0 aliphatic heterocycles. The first-order chi connectivity index (χ1) is 12.1. The predicted octanol–water partition coefficient (Wildman–Crippen LogP) is 3.58. The molecule has 0 heterocycles. The number of hydrogen-bond acceptors (Lipinski definition) is 3. The van der Waals surface area contributed by atoms with Crippen LogP contribution in [0.1, 0.15) is 18.9 Å². The van der Waals surface area contributed by atoms with Crippen LogP contribution in [-0.4, -0.2) is 28.2 Å². The Morgan fingerprint density at radius 2 is 1.73 bits per heavy atom. The monoisotopic (exact) mass is 379 g/mol. The zero-order valence-electron chi connectivity index (χ0n) is 14.1. The van der Waals surface area contributed by atoms with E-state index >= 15 is 0 Å². The van der Waals surface area contributed by atoms with Crippen molar-refractivity contribution >= 4 is 23.5 Å². The highest BCUT2D eigenvalue weighted by atomic mass is 35.5. The van der Waals surface area contributed by atoms with Gasteiger partial charge in [-0.3, -0.25) is 9.59 Å². The molecule has 138 valence electrons. The van der Waals surface area contributed by atoms with Crippen molar-refractivity contribution in [2.45, 2.75) is 25.8 Å². The summed E-state index contributed by atoms with van der Waals surface area (Å²) in [4.78, 5) is 22.5. The van der Waals surface area contributed by atoms with Crippen molar-refractivity contribution in [3.63, 3.8) is 0 Å². The van der Waals surface area contributed by atoms with E-state index in [1.165, 1.54) is 18.2 Å². The molecule has 0 aliphatic carbocycles. The number of aliphatic carboxylic acids is 2. The number of carbonyl (C=O) groups is 2. The third-order valence-corrected chi connectivity index (χ3v) is 4.54. The molecule has 0 saturated carbocycles. The minimum absolute atomic E-state index is 0.206. The Morgan fingerprint density at radius 3 is 2.27 bits per heavy atom. The van der Waals surface area contributed by atoms with Crippen LogP contribution in [0.5, 0.6) is 0 Å². The van der Waals surface area contributed by atoms with Gasteiger partial charge in [-0.25, -0.2) is 4.39 Å². The van der Waals surface area contributed by atoms with E-state index in [1.54, 1.807) is 24.3 Å². The van der Waals surface area contributed by atoms with Gasteiger partial charge in [-0.2, -0.15) is 0 Å². The van der Waals surface area contributed by atoms with Crippen LogP contribution < -0.4 is 5.73 Å². The lowest BCUT2D eigenvalue weighted by Gasteiger charge is -2.23. The van der Waals surface area contributed by atoms with Gasteiger partial charge in [-0.15, -0.1) is 0 Å². The van der Waals surface area contributed by atoms with E-state index in [9.17, 15) is 14.0 Å². The molecule has 26 heavy (non-hydrogen) atoms. The zero-order chi connectivity index (χ0) is 19.5. The molecule has 7 heteroatoms. The van der Waals surface area contributed by atoms with Gasteiger partial charge in [0.25, 0.3) is 0 Å². The molecular weight excluding hydrogens is 361 g/mol. The van der Waals surface area contributed by atoms with E-state index in [0.717, 1.165) is 12.5 Å². The summed E-state index contributed by atoms with van der Waals surface area (Å²) in [6.07, 6.45) is 0.0940. The minimum atomic E-state index is -1.94. The first-order valence-electron chi connectivity index (χ1n) is 7.90. The second-order valence-corrected chi connectivity index (χ2v) is 6.87. The number of rotatable bonds is 7. The van der Waals surface area contributed by atoms with Gasteiger partial charge in [0.05, 0.1) is 0 Å². The number of nitrogens with two attached hydrogens (primary N) is 1. The molecule has 2 aromatic carbocycles. The van der Waals surface area contributed by atoms with Crippen molar-refractivity contribution in [3.8, 4) is 11.1 Å². The summed E-state index contributed by atoms with van der Waals surface area (Å²) in [5.41, 5.74) is 5.82. The van der Waals surface area contributed by atoms with Crippen LogP contribution in [0, 0.1) is 11.2 Å². The second-order valence-electron chi connectivity index (χ2n) is 6.43. The van der Waals surface area contributed by atoms with E-state index in [4.69, 9.17) is 27.5 Å². The average molecular weight is 380 g/mol. The molecule has 1 unspecified atom stereocenters. The summed E-state index contributed by atoms with van der Waals surface area (Å²) < 4.78 is 13.9. The smallest absolute Gasteiger partial charge is 0.320 e. The van der Waals surface area contributed by atoms with Crippen molar-refractivity contribution in [1.29, 1.82) is 0 Å². The standard InChI is InChI=1S/C19H19ClFNO4/c1-19(17(23)24,18(25)26)10-14(22)8-11-2-4-12(5-3-11)15-9-13(20)6-7-16(15)21/h2-7,9,14H,8,10,22H2,1H3,(H,23,24)(H,25,26). The van der Waals surface area contributed by atoms with Gasteiger partial charge in [0.15, 0.2) is 5.41 Å². The van der Waals surface area contributed by atoms with Gasteiger partial charge >= 0.3 is 11.9 Å². The Balaban J connectivity index is 2.13. The van der Waals surface area contributed by atoms with Crippen LogP contribution in [0.15, 0.2) is 42.5 Å². The molecule has 1 atom stereocenters. The molecule has 5 nitrogen and oxygen atoms in total. The molecule has 0 fully saturated rings. The molecule has 0 spiro atoms. The van der Waals surface area contributed by atoms with E-state index < -0.39 is 29.2 Å². The molecule has 2 rings (SSSR count). The maximum absolute atomic E-state index is 13.9. The molecule has 0 aliphatic rings. The highest BCUT2D eigenvalue weighted by molar-refractivity contribution is 6.30. The maximum Gasteiger partial charge on any atom is 0.320 e. The molecule has 4 N–H and O–H groups in total. The summed E-state index contributed by atoms with van der Waals surface area (Å²) in [6.45, 7) is 1.14. The van der Waals surface area contributed by atoms with Crippen LogP contribution in [-0.2, 0) is 16.0 Å². The number of benzene rings is 2. The highest BCUT2D eigenvalue weighted by Gasteiger charge is 2.42. The molecular formula is C19H19ClFNO4. The van der Waals surface area contributed by atoms with Gasteiger partial charge in [0.2, 0.25) is 0 Å².